The van der Waals surface area contributed by atoms with E-state index in [9.17, 15) is 4.79 Å². The molecule has 3 aromatic rings. The third kappa shape index (κ3) is 2.71. The molecule has 1 aromatic carbocycles. The van der Waals surface area contributed by atoms with Crippen LogP contribution in [-0.4, -0.2) is 20.9 Å². The fourth-order valence-corrected chi connectivity index (χ4v) is 2.82. The molecule has 6 N–H and O–H groups in total. The Morgan fingerprint density at radius 2 is 1.71 bits per heavy atom. The molecule has 3 rings (SSSR count). The molecular weight excluding hydrogens is 304 g/mol. The van der Waals surface area contributed by atoms with Gasteiger partial charge in [0.15, 0.2) is 5.65 Å². The van der Waals surface area contributed by atoms with Gasteiger partial charge in [0.1, 0.15) is 5.82 Å². The molecule has 0 radical (unpaired) electrons. The Bertz CT molecular complexity index is 950. The second-order valence-electron chi connectivity index (χ2n) is 5.70. The number of primary amides is 1. The zero-order valence-corrected chi connectivity index (χ0v) is 13.5. The van der Waals surface area contributed by atoms with Gasteiger partial charge in [-0.2, -0.15) is 9.97 Å². The summed E-state index contributed by atoms with van der Waals surface area (Å²) in [5.41, 5.74) is 21.8. The smallest absolute Gasteiger partial charge is 0.248 e. The molecule has 2 aromatic heterocycles. The highest BCUT2D eigenvalue weighted by molar-refractivity contribution is 5.93. The Kier molecular flexibility index (Phi) is 3.76. The summed E-state index contributed by atoms with van der Waals surface area (Å²) in [5.74, 6) is -0.00212. The highest BCUT2D eigenvalue weighted by Crippen LogP contribution is 2.27. The van der Waals surface area contributed by atoms with E-state index in [4.69, 9.17) is 17.2 Å². The monoisotopic (exact) mass is 322 g/mol. The molecule has 0 saturated heterocycles. The number of nitrogens with zero attached hydrogens (tertiary/aromatic N) is 3. The van der Waals surface area contributed by atoms with E-state index in [1.807, 2.05) is 26.0 Å². The molecule has 7 heteroatoms. The average molecular weight is 322 g/mol. The Hall–Kier alpha value is -3.22. The molecule has 1 amide bonds. The van der Waals surface area contributed by atoms with Crippen LogP contribution in [0.25, 0.3) is 11.0 Å². The van der Waals surface area contributed by atoms with E-state index in [0.29, 0.717) is 23.4 Å². The van der Waals surface area contributed by atoms with Gasteiger partial charge in [-0.15, -0.1) is 0 Å². The summed E-state index contributed by atoms with van der Waals surface area (Å²) in [7, 11) is 0. The van der Waals surface area contributed by atoms with Crippen molar-refractivity contribution in [2.24, 2.45) is 5.73 Å². The van der Waals surface area contributed by atoms with Gasteiger partial charge in [0.2, 0.25) is 11.9 Å². The molecule has 0 aliphatic heterocycles. The first-order valence-electron chi connectivity index (χ1n) is 7.44. The molecule has 0 saturated carbocycles. The predicted molar refractivity (Wildman–Crippen MR) is 93.4 cm³/mol. The number of rotatable bonds is 3. The number of benzene rings is 1. The van der Waals surface area contributed by atoms with Crippen LogP contribution in [0, 0.1) is 13.8 Å². The number of nitrogens with two attached hydrogens (primary N) is 3. The number of hydrogen-bond donors (Lipinski definition) is 3. The lowest BCUT2D eigenvalue weighted by Gasteiger charge is -2.13. The molecule has 122 valence electrons. The summed E-state index contributed by atoms with van der Waals surface area (Å²) < 4.78 is 0. The van der Waals surface area contributed by atoms with Crippen molar-refractivity contribution in [1.82, 2.24) is 15.0 Å². The standard InChI is InChI=1S/C17H18N6O/c1-8-12(7-10-3-5-11(6-4-10)15(19)24)9(2)21-16-13(8)14(18)22-17(20)23-16/h3-6H,7H2,1-2H3,(H2,19,24)(H4,18,20,21,22,23). The van der Waals surface area contributed by atoms with Gasteiger partial charge in [0.25, 0.3) is 0 Å². The van der Waals surface area contributed by atoms with Gasteiger partial charge in [0, 0.05) is 11.3 Å². The third-order valence-corrected chi connectivity index (χ3v) is 4.09. The van der Waals surface area contributed by atoms with Gasteiger partial charge >= 0.3 is 0 Å². The van der Waals surface area contributed by atoms with Crippen LogP contribution in [0.15, 0.2) is 24.3 Å². The van der Waals surface area contributed by atoms with E-state index in [1.54, 1.807) is 12.1 Å². The van der Waals surface area contributed by atoms with Gasteiger partial charge in [0.05, 0.1) is 5.39 Å². The fourth-order valence-electron chi connectivity index (χ4n) is 2.82. The zero-order valence-electron chi connectivity index (χ0n) is 13.5. The van der Waals surface area contributed by atoms with Crippen LogP contribution >= 0.6 is 0 Å². The van der Waals surface area contributed by atoms with E-state index in [-0.39, 0.29) is 5.95 Å². The van der Waals surface area contributed by atoms with Gasteiger partial charge in [-0.1, -0.05) is 12.1 Å². The Morgan fingerprint density at radius 1 is 1.04 bits per heavy atom. The van der Waals surface area contributed by atoms with E-state index < -0.39 is 5.91 Å². The first-order chi connectivity index (χ1) is 11.4. The van der Waals surface area contributed by atoms with Crippen molar-refractivity contribution in [3.63, 3.8) is 0 Å². The molecule has 7 nitrogen and oxygen atoms in total. The van der Waals surface area contributed by atoms with Crippen LogP contribution in [0.2, 0.25) is 0 Å². The number of fused-ring (bicyclic) bond motifs is 1. The minimum atomic E-state index is -0.441. The van der Waals surface area contributed by atoms with E-state index >= 15 is 0 Å². The normalized spacial score (nSPS) is 10.9. The number of nitrogen functional groups attached to an aromatic ring is 2. The van der Waals surface area contributed by atoms with Crippen LogP contribution in [0.1, 0.15) is 32.7 Å². The van der Waals surface area contributed by atoms with Crippen molar-refractivity contribution < 1.29 is 4.79 Å². The number of amides is 1. The summed E-state index contributed by atoms with van der Waals surface area (Å²) >= 11 is 0. The van der Waals surface area contributed by atoms with Crippen molar-refractivity contribution in [3.8, 4) is 0 Å². The lowest BCUT2D eigenvalue weighted by atomic mass is 9.96. The molecule has 0 unspecified atom stereocenters. The molecule has 2 heterocycles. The molecule has 0 aliphatic carbocycles. The Balaban J connectivity index is 2.07. The second kappa shape index (κ2) is 5.77. The van der Waals surface area contributed by atoms with Crippen LogP contribution < -0.4 is 17.2 Å². The largest absolute Gasteiger partial charge is 0.383 e. The highest BCUT2D eigenvalue weighted by Gasteiger charge is 2.15. The average Bonchev–Trinajstić information content (AvgIpc) is 2.50. The maximum absolute atomic E-state index is 11.2. The van der Waals surface area contributed by atoms with E-state index in [2.05, 4.69) is 15.0 Å². The molecule has 0 aliphatic rings. The molecular formula is C17H18N6O. The summed E-state index contributed by atoms with van der Waals surface area (Å²) in [5, 5.41) is 0.721. The van der Waals surface area contributed by atoms with Crippen molar-refractivity contribution in [2.45, 2.75) is 20.3 Å². The lowest BCUT2D eigenvalue weighted by molar-refractivity contribution is 0.100. The quantitative estimate of drug-likeness (QED) is 0.669. The van der Waals surface area contributed by atoms with E-state index in [0.717, 1.165) is 27.8 Å². The highest BCUT2D eigenvalue weighted by atomic mass is 16.1. The molecule has 0 spiro atoms. The maximum atomic E-state index is 11.2. The van der Waals surface area contributed by atoms with Crippen LogP contribution in [0.5, 0.6) is 0 Å². The number of aromatic nitrogens is 3. The number of anilines is 2. The lowest BCUT2D eigenvalue weighted by Crippen LogP contribution is -2.10. The van der Waals surface area contributed by atoms with Crippen LogP contribution in [0.4, 0.5) is 11.8 Å². The molecule has 0 bridgehead atoms. The van der Waals surface area contributed by atoms with Gasteiger partial charge < -0.3 is 17.2 Å². The third-order valence-electron chi connectivity index (χ3n) is 4.09. The van der Waals surface area contributed by atoms with Gasteiger partial charge in [-0.05, 0) is 49.1 Å². The minimum absolute atomic E-state index is 0.112. The molecule has 24 heavy (non-hydrogen) atoms. The number of pyridine rings is 1. The molecule has 0 fully saturated rings. The maximum Gasteiger partial charge on any atom is 0.248 e. The fraction of sp³-hybridized carbons (Fsp3) is 0.176. The summed E-state index contributed by atoms with van der Waals surface area (Å²) in [6.07, 6.45) is 0.656. The van der Waals surface area contributed by atoms with Crippen molar-refractivity contribution in [1.29, 1.82) is 0 Å². The summed E-state index contributed by atoms with van der Waals surface area (Å²) in [4.78, 5) is 23.9. The number of carbonyl (C=O) groups excluding carboxylic acids is 1. The minimum Gasteiger partial charge on any atom is -0.383 e. The first-order valence-corrected chi connectivity index (χ1v) is 7.44. The topological polar surface area (TPSA) is 134 Å². The van der Waals surface area contributed by atoms with Crippen molar-refractivity contribution in [2.75, 3.05) is 11.5 Å². The predicted octanol–water partition coefficient (Wildman–Crippen LogP) is 1.50. The summed E-state index contributed by atoms with van der Waals surface area (Å²) in [6.45, 7) is 3.90. The number of aryl methyl sites for hydroxylation is 2. The first kappa shape index (κ1) is 15.7. The second-order valence-corrected chi connectivity index (χ2v) is 5.70. The van der Waals surface area contributed by atoms with Gasteiger partial charge in [-0.3, -0.25) is 4.79 Å². The van der Waals surface area contributed by atoms with Crippen LogP contribution in [0.3, 0.4) is 0 Å². The van der Waals surface area contributed by atoms with E-state index in [1.165, 1.54) is 0 Å². The Labute approximate surface area is 138 Å². The number of hydrogen-bond acceptors (Lipinski definition) is 6. The molecule has 0 atom stereocenters. The zero-order chi connectivity index (χ0) is 17.4. The number of carbonyl (C=O) groups is 1. The Morgan fingerprint density at radius 3 is 2.33 bits per heavy atom. The van der Waals surface area contributed by atoms with Crippen molar-refractivity contribution in [3.05, 3.63) is 52.2 Å². The SMILES string of the molecule is Cc1nc2nc(N)nc(N)c2c(C)c1Cc1ccc(C(N)=O)cc1. The van der Waals surface area contributed by atoms with Crippen LogP contribution in [-0.2, 0) is 6.42 Å². The van der Waals surface area contributed by atoms with Gasteiger partial charge in [-0.25, -0.2) is 4.98 Å². The van der Waals surface area contributed by atoms with Crippen molar-refractivity contribution >= 4 is 28.7 Å². The summed E-state index contributed by atoms with van der Waals surface area (Å²) in [6, 6.07) is 7.20.